The van der Waals surface area contributed by atoms with Gasteiger partial charge in [0.2, 0.25) is 0 Å². The molecule has 3 nitrogen and oxygen atoms in total. The fraction of sp³-hybridized carbons (Fsp3) is 0.167. The van der Waals surface area contributed by atoms with Gasteiger partial charge in [-0.15, -0.1) is 0 Å². The van der Waals surface area contributed by atoms with Crippen LogP contribution in [0, 0.1) is 0 Å². The molecule has 0 bridgehead atoms. The van der Waals surface area contributed by atoms with Crippen molar-refractivity contribution < 1.29 is 9.47 Å². The molecule has 0 aliphatic carbocycles. The lowest BCUT2D eigenvalue weighted by molar-refractivity contribution is 0.249. The molecule has 0 spiro atoms. The second kappa shape index (κ2) is 7.14. The summed E-state index contributed by atoms with van der Waals surface area (Å²) in [4.78, 5) is 4.37. The highest BCUT2D eigenvalue weighted by molar-refractivity contribution is 6.30. The number of benzene rings is 2. The molecule has 0 saturated heterocycles. The molecule has 0 saturated carbocycles. The van der Waals surface area contributed by atoms with Gasteiger partial charge in [0.15, 0.2) is 0 Å². The first kappa shape index (κ1) is 14.7. The first-order valence-electron chi connectivity index (χ1n) is 7.18. The van der Waals surface area contributed by atoms with Crippen molar-refractivity contribution in [2.75, 3.05) is 13.2 Å². The Kier molecular flexibility index (Phi) is 4.76. The van der Waals surface area contributed by atoms with Gasteiger partial charge in [0.1, 0.15) is 17.0 Å². The van der Waals surface area contributed by atoms with Crippen molar-refractivity contribution in [3.05, 3.63) is 65.8 Å². The number of hydrogen-bond acceptors (Lipinski definition) is 3. The van der Waals surface area contributed by atoms with E-state index in [1.54, 1.807) is 12.3 Å². The zero-order valence-electron chi connectivity index (χ0n) is 12.0. The Morgan fingerprint density at radius 3 is 2.64 bits per heavy atom. The SMILES string of the molecule is Clc1cccc(OCCCOc2cccc3cccnc23)c1. The number of halogens is 1. The molecule has 22 heavy (non-hydrogen) atoms. The summed E-state index contributed by atoms with van der Waals surface area (Å²) in [5.74, 6) is 1.58. The van der Waals surface area contributed by atoms with Crippen LogP contribution in [-0.2, 0) is 0 Å². The predicted octanol–water partition coefficient (Wildman–Crippen LogP) is 4.74. The highest BCUT2D eigenvalue weighted by atomic mass is 35.5. The Labute approximate surface area is 134 Å². The smallest absolute Gasteiger partial charge is 0.145 e. The first-order valence-corrected chi connectivity index (χ1v) is 7.56. The van der Waals surface area contributed by atoms with Crippen molar-refractivity contribution in [1.82, 2.24) is 4.98 Å². The Balaban J connectivity index is 1.50. The maximum atomic E-state index is 5.91. The van der Waals surface area contributed by atoms with Crippen LogP contribution in [-0.4, -0.2) is 18.2 Å². The molecule has 0 aliphatic heterocycles. The standard InChI is InChI=1S/C18H16ClNO2/c19-15-7-2-8-16(13-15)21-11-4-12-22-17-9-1-5-14-6-3-10-20-18(14)17/h1-3,5-10,13H,4,11-12H2. The molecule has 0 atom stereocenters. The van der Waals surface area contributed by atoms with Gasteiger partial charge in [-0.1, -0.05) is 35.9 Å². The number of nitrogens with zero attached hydrogens (tertiary/aromatic N) is 1. The summed E-state index contributed by atoms with van der Waals surface area (Å²) < 4.78 is 11.4. The van der Waals surface area contributed by atoms with Crippen molar-refractivity contribution >= 4 is 22.5 Å². The lowest BCUT2D eigenvalue weighted by atomic mass is 10.2. The van der Waals surface area contributed by atoms with Crippen LogP contribution in [0.2, 0.25) is 5.02 Å². The van der Waals surface area contributed by atoms with Crippen LogP contribution in [0.3, 0.4) is 0 Å². The molecule has 0 amide bonds. The second-order valence-corrected chi connectivity index (χ2v) is 5.28. The molecule has 1 aromatic heterocycles. The average molecular weight is 314 g/mol. The summed E-state index contributed by atoms with van der Waals surface area (Å²) in [5, 5.41) is 1.76. The van der Waals surface area contributed by atoms with Gasteiger partial charge in [-0.25, -0.2) is 0 Å². The zero-order valence-corrected chi connectivity index (χ0v) is 12.8. The van der Waals surface area contributed by atoms with E-state index in [0.717, 1.165) is 28.8 Å². The molecule has 3 aromatic rings. The van der Waals surface area contributed by atoms with Crippen molar-refractivity contribution in [2.24, 2.45) is 0 Å². The largest absolute Gasteiger partial charge is 0.493 e. The molecule has 0 radical (unpaired) electrons. The summed E-state index contributed by atoms with van der Waals surface area (Å²) in [5.41, 5.74) is 0.890. The second-order valence-electron chi connectivity index (χ2n) is 4.84. The maximum absolute atomic E-state index is 5.91. The van der Waals surface area contributed by atoms with Crippen LogP contribution < -0.4 is 9.47 Å². The van der Waals surface area contributed by atoms with E-state index in [0.29, 0.717) is 18.2 Å². The number of rotatable bonds is 6. The molecule has 4 heteroatoms. The summed E-state index contributed by atoms with van der Waals surface area (Å²) in [7, 11) is 0. The lowest BCUT2D eigenvalue weighted by Crippen LogP contribution is -2.05. The number of fused-ring (bicyclic) bond motifs is 1. The maximum Gasteiger partial charge on any atom is 0.145 e. The van der Waals surface area contributed by atoms with Crippen LogP contribution >= 0.6 is 11.6 Å². The minimum absolute atomic E-state index is 0.580. The molecule has 0 aliphatic rings. The third kappa shape index (κ3) is 3.68. The number of pyridine rings is 1. The molecule has 0 fully saturated rings. The predicted molar refractivity (Wildman–Crippen MR) is 88.8 cm³/mol. The van der Waals surface area contributed by atoms with Gasteiger partial charge in [0, 0.05) is 23.0 Å². The van der Waals surface area contributed by atoms with Crippen molar-refractivity contribution in [2.45, 2.75) is 6.42 Å². The molecule has 3 rings (SSSR count). The highest BCUT2D eigenvalue weighted by Gasteiger charge is 2.02. The lowest BCUT2D eigenvalue weighted by Gasteiger charge is -2.09. The van der Waals surface area contributed by atoms with E-state index in [1.807, 2.05) is 48.5 Å². The Morgan fingerprint density at radius 2 is 1.73 bits per heavy atom. The Morgan fingerprint density at radius 1 is 0.909 bits per heavy atom. The van der Waals surface area contributed by atoms with Gasteiger partial charge in [-0.2, -0.15) is 0 Å². The molecule has 1 heterocycles. The zero-order chi connectivity index (χ0) is 15.2. The summed E-state index contributed by atoms with van der Waals surface area (Å²) in [6.07, 6.45) is 2.56. The van der Waals surface area contributed by atoms with Gasteiger partial charge in [0.25, 0.3) is 0 Å². The van der Waals surface area contributed by atoms with Gasteiger partial charge in [0.05, 0.1) is 13.2 Å². The van der Waals surface area contributed by atoms with E-state index in [9.17, 15) is 0 Å². The van der Waals surface area contributed by atoms with Crippen molar-refractivity contribution in [3.63, 3.8) is 0 Å². The van der Waals surface area contributed by atoms with Gasteiger partial charge in [-0.3, -0.25) is 4.98 Å². The molecule has 0 N–H and O–H groups in total. The van der Waals surface area contributed by atoms with E-state index < -0.39 is 0 Å². The Bertz CT molecular complexity index is 755. The van der Waals surface area contributed by atoms with Gasteiger partial charge >= 0.3 is 0 Å². The average Bonchev–Trinajstić information content (AvgIpc) is 2.55. The van der Waals surface area contributed by atoms with Crippen LogP contribution in [0.1, 0.15) is 6.42 Å². The van der Waals surface area contributed by atoms with E-state index in [4.69, 9.17) is 21.1 Å². The molecular weight excluding hydrogens is 298 g/mol. The number of ether oxygens (including phenoxy) is 2. The Hall–Kier alpha value is -2.26. The fourth-order valence-electron chi connectivity index (χ4n) is 2.18. The monoisotopic (exact) mass is 313 g/mol. The van der Waals surface area contributed by atoms with Crippen molar-refractivity contribution in [1.29, 1.82) is 0 Å². The van der Waals surface area contributed by atoms with Crippen molar-refractivity contribution in [3.8, 4) is 11.5 Å². The minimum atomic E-state index is 0.580. The third-order valence-corrected chi connectivity index (χ3v) is 3.44. The third-order valence-electron chi connectivity index (χ3n) is 3.21. The molecular formula is C18H16ClNO2. The van der Waals surface area contributed by atoms with E-state index in [1.165, 1.54) is 0 Å². The molecule has 2 aromatic carbocycles. The van der Waals surface area contributed by atoms with Crippen LogP contribution in [0.4, 0.5) is 0 Å². The number of aromatic nitrogens is 1. The van der Waals surface area contributed by atoms with Gasteiger partial charge in [-0.05, 0) is 30.3 Å². The quantitative estimate of drug-likeness (QED) is 0.616. The van der Waals surface area contributed by atoms with Crippen LogP contribution in [0.25, 0.3) is 10.9 Å². The highest BCUT2D eigenvalue weighted by Crippen LogP contribution is 2.23. The van der Waals surface area contributed by atoms with E-state index >= 15 is 0 Å². The van der Waals surface area contributed by atoms with Crippen LogP contribution in [0.15, 0.2) is 60.8 Å². The summed E-state index contributed by atoms with van der Waals surface area (Å²) >= 11 is 5.91. The van der Waals surface area contributed by atoms with Crippen LogP contribution in [0.5, 0.6) is 11.5 Å². The molecule has 112 valence electrons. The fourth-order valence-corrected chi connectivity index (χ4v) is 2.36. The normalized spacial score (nSPS) is 10.6. The summed E-state index contributed by atoms with van der Waals surface area (Å²) in [6, 6.07) is 17.3. The topological polar surface area (TPSA) is 31.4 Å². The molecule has 0 unspecified atom stereocenters. The number of para-hydroxylation sites is 1. The van der Waals surface area contributed by atoms with Gasteiger partial charge < -0.3 is 9.47 Å². The van der Waals surface area contributed by atoms with E-state index in [2.05, 4.69) is 4.98 Å². The number of hydrogen-bond donors (Lipinski definition) is 0. The van der Waals surface area contributed by atoms with E-state index in [-0.39, 0.29) is 0 Å². The first-order chi connectivity index (χ1) is 10.8. The summed E-state index contributed by atoms with van der Waals surface area (Å²) in [6.45, 7) is 1.16. The minimum Gasteiger partial charge on any atom is -0.493 e.